The molecule has 1 N–H and O–H groups in total. The second-order valence-corrected chi connectivity index (χ2v) is 3.78. The summed E-state index contributed by atoms with van der Waals surface area (Å²) >= 11 is 0. The van der Waals surface area contributed by atoms with E-state index in [0.29, 0.717) is 12.4 Å². The summed E-state index contributed by atoms with van der Waals surface area (Å²) in [5.41, 5.74) is 0. The van der Waals surface area contributed by atoms with Gasteiger partial charge in [0.2, 0.25) is 5.95 Å². The van der Waals surface area contributed by atoms with E-state index in [-0.39, 0.29) is 6.04 Å². The first-order valence-corrected chi connectivity index (χ1v) is 5.14. The maximum atomic E-state index is 13.4. The van der Waals surface area contributed by atoms with Crippen LogP contribution in [0.1, 0.15) is 25.7 Å². The molecule has 1 heterocycles. The highest BCUT2D eigenvalue weighted by Gasteiger charge is 2.24. The standard InChI is InChI=1S/C10H13F2N3/c11-7-5-13-10(14-6-7)15-9-4-2-1-3-8(9)12/h5-6,8-9H,1-4H2,(H,13,14,15)/t8-,9-/m1/s1. The molecule has 1 aliphatic rings. The lowest BCUT2D eigenvalue weighted by atomic mass is 9.94. The van der Waals surface area contributed by atoms with Gasteiger partial charge < -0.3 is 5.32 Å². The Kier molecular flexibility index (Phi) is 3.08. The van der Waals surface area contributed by atoms with Crippen molar-refractivity contribution in [1.82, 2.24) is 9.97 Å². The molecule has 1 fully saturated rings. The molecule has 0 bridgehead atoms. The van der Waals surface area contributed by atoms with Gasteiger partial charge in [-0.25, -0.2) is 18.7 Å². The molecule has 0 aliphatic heterocycles. The van der Waals surface area contributed by atoms with Crippen molar-refractivity contribution < 1.29 is 8.78 Å². The second kappa shape index (κ2) is 4.51. The number of nitrogens with zero attached hydrogens (tertiary/aromatic N) is 2. The van der Waals surface area contributed by atoms with E-state index < -0.39 is 12.0 Å². The quantitative estimate of drug-likeness (QED) is 0.819. The zero-order valence-electron chi connectivity index (χ0n) is 8.29. The number of nitrogens with one attached hydrogen (secondary N) is 1. The molecule has 2 atom stereocenters. The Morgan fingerprint density at radius 1 is 1.20 bits per heavy atom. The van der Waals surface area contributed by atoms with Crippen molar-refractivity contribution in [2.75, 3.05) is 5.32 Å². The van der Waals surface area contributed by atoms with Crippen LogP contribution < -0.4 is 5.32 Å². The van der Waals surface area contributed by atoms with E-state index in [1.54, 1.807) is 0 Å². The van der Waals surface area contributed by atoms with Gasteiger partial charge in [0.25, 0.3) is 0 Å². The van der Waals surface area contributed by atoms with Crippen molar-refractivity contribution in [1.29, 1.82) is 0 Å². The first kappa shape index (κ1) is 10.3. The summed E-state index contributed by atoms with van der Waals surface area (Å²) in [5.74, 6) is -0.188. The van der Waals surface area contributed by atoms with Crippen LogP contribution in [0.25, 0.3) is 0 Å². The first-order valence-electron chi connectivity index (χ1n) is 5.14. The van der Waals surface area contributed by atoms with E-state index in [4.69, 9.17) is 0 Å². The van der Waals surface area contributed by atoms with Crippen molar-refractivity contribution in [3.8, 4) is 0 Å². The predicted octanol–water partition coefficient (Wildman–Crippen LogP) is 2.31. The summed E-state index contributed by atoms with van der Waals surface area (Å²) < 4.78 is 25.9. The number of halogens is 2. The Labute approximate surface area is 86.9 Å². The van der Waals surface area contributed by atoms with Gasteiger partial charge in [0.15, 0.2) is 5.82 Å². The Balaban J connectivity index is 1.98. The molecule has 15 heavy (non-hydrogen) atoms. The SMILES string of the molecule is Fc1cnc(N[C@@H]2CCCC[C@H]2F)nc1. The second-order valence-electron chi connectivity index (χ2n) is 3.78. The molecule has 1 aromatic heterocycles. The zero-order valence-corrected chi connectivity index (χ0v) is 8.29. The van der Waals surface area contributed by atoms with Crippen LogP contribution in [0.3, 0.4) is 0 Å². The smallest absolute Gasteiger partial charge is 0.223 e. The van der Waals surface area contributed by atoms with Crippen LogP contribution in [0.2, 0.25) is 0 Å². The lowest BCUT2D eigenvalue weighted by Gasteiger charge is -2.26. The van der Waals surface area contributed by atoms with E-state index in [2.05, 4.69) is 15.3 Å². The molecular weight excluding hydrogens is 200 g/mol. The molecule has 0 unspecified atom stereocenters. The fourth-order valence-electron chi connectivity index (χ4n) is 1.80. The van der Waals surface area contributed by atoms with Crippen molar-refractivity contribution in [3.63, 3.8) is 0 Å². The van der Waals surface area contributed by atoms with Crippen LogP contribution >= 0.6 is 0 Å². The van der Waals surface area contributed by atoms with Gasteiger partial charge in [0, 0.05) is 0 Å². The molecule has 1 aromatic rings. The molecule has 5 heteroatoms. The van der Waals surface area contributed by atoms with E-state index in [1.165, 1.54) is 0 Å². The predicted molar refractivity (Wildman–Crippen MR) is 52.8 cm³/mol. The average Bonchev–Trinajstić information content (AvgIpc) is 2.25. The van der Waals surface area contributed by atoms with Crippen molar-refractivity contribution >= 4 is 5.95 Å². The Bertz CT molecular complexity index is 315. The maximum Gasteiger partial charge on any atom is 0.223 e. The third-order valence-electron chi connectivity index (χ3n) is 2.62. The summed E-state index contributed by atoms with van der Waals surface area (Å²) in [6, 6.07) is -0.232. The third-order valence-corrected chi connectivity index (χ3v) is 2.62. The van der Waals surface area contributed by atoms with Gasteiger partial charge in [-0.3, -0.25) is 0 Å². The number of anilines is 1. The molecule has 0 saturated heterocycles. The number of hydrogen-bond acceptors (Lipinski definition) is 3. The van der Waals surface area contributed by atoms with E-state index in [9.17, 15) is 8.78 Å². The van der Waals surface area contributed by atoms with Gasteiger partial charge >= 0.3 is 0 Å². The maximum absolute atomic E-state index is 13.4. The monoisotopic (exact) mass is 213 g/mol. The summed E-state index contributed by atoms with van der Waals surface area (Å²) in [4.78, 5) is 7.49. The van der Waals surface area contributed by atoms with Crippen LogP contribution in [0.5, 0.6) is 0 Å². The number of rotatable bonds is 2. The summed E-state index contributed by atoms with van der Waals surface area (Å²) in [5, 5.41) is 2.89. The molecule has 3 nitrogen and oxygen atoms in total. The zero-order chi connectivity index (χ0) is 10.7. The van der Waals surface area contributed by atoms with Gasteiger partial charge in [-0.2, -0.15) is 0 Å². The fourth-order valence-corrected chi connectivity index (χ4v) is 1.80. The molecule has 1 aliphatic carbocycles. The number of hydrogen-bond donors (Lipinski definition) is 1. The fraction of sp³-hybridized carbons (Fsp3) is 0.600. The third kappa shape index (κ3) is 2.61. The van der Waals surface area contributed by atoms with Crippen molar-refractivity contribution in [2.24, 2.45) is 0 Å². The Morgan fingerprint density at radius 3 is 2.53 bits per heavy atom. The molecule has 1 saturated carbocycles. The van der Waals surface area contributed by atoms with Gasteiger partial charge in [-0.15, -0.1) is 0 Å². The van der Waals surface area contributed by atoms with Crippen LogP contribution in [-0.2, 0) is 0 Å². The number of alkyl halides is 1. The molecule has 2 rings (SSSR count). The summed E-state index contributed by atoms with van der Waals surface area (Å²) in [7, 11) is 0. The molecule has 0 radical (unpaired) electrons. The molecule has 0 aromatic carbocycles. The minimum absolute atomic E-state index is 0.232. The minimum atomic E-state index is -0.854. The topological polar surface area (TPSA) is 37.8 Å². The van der Waals surface area contributed by atoms with E-state index in [1.807, 2.05) is 0 Å². The number of aromatic nitrogens is 2. The lowest BCUT2D eigenvalue weighted by Crippen LogP contribution is -2.34. The highest BCUT2D eigenvalue weighted by molar-refractivity contribution is 5.25. The van der Waals surface area contributed by atoms with Gasteiger partial charge in [-0.1, -0.05) is 12.8 Å². The van der Waals surface area contributed by atoms with Crippen LogP contribution in [0, 0.1) is 5.82 Å². The Morgan fingerprint density at radius 2 is 1.87 bits per heavy atom. The molecular formula is C10H13F2N3. The average molecular weight is 213 g/mol. The van der Waals surface area contributed by atoms with Gasteiger partial charge in [-0.05, 0) is 12.8 Å². The molecule has 82 valence electrons. The van der Waals surface area contributed by atoms with Crippen molar-refractivity contribution in [2.45, 2.75) is 37.9 Å². The van der Waals surface area contributed by atoms with E-state index >= 15 is 0 Å². The molecule has 0 amide bonds. The highest BCUT2D eigenvalue weighted by Crippen LogP contribution is 2.23. The lowest BCUT2D eigenvalue weighted by molar-refractivity contribution is 0.229. The summed E-state index contributed by atoms with van der Waals surface area (Å²) in [6.45, 7) is 0. The van der Waals surface area contributed by atoms with Gasteiger partial charge in [0.1, 0.15) is 6.17 Å². The van der Waals surface area contributed by atoms with E-state index in [0.717, 1.165) is 31.7 Å². The largest absolute Gasteiger partial charge is 0.349 e. The van der Waals surface area contributed by atoms with Crippen LogP contribution in [0.4, 0.5) is 14.7 Å². The first-order chi connectivity index (χ1) is 7.25. The van der Waals surface area contributed by atoms with Crippen molar-refractivity contribution in [3.05, 3.63) is 18.2 Å². The summed E-state index contributed by atoms with van der Waals surface area (Å²) in [6.07, 6.45) is 4.60. The molecule has 0 spiro atoms. The van der Waals surface area contributed by atoms with Crippen LogP contribution in [0.15, 0.2) is 12.4 Å². The van der Waals surface area contributed by atoms with Gasteiger partial charge in [0.05, 0.1) is 18.4 Å². The Hall–Kier alpha value is -1.26. The normalized spacial score (nSPS) is 26.3. The highest BCUT2D eigenvalue weighted by atomic mass is 19.1. The minimum Gasteiger partial charge on any atom is -0.349 e. The van der Waals surface area contributed by atoms with Crippen LogP contribution in [-0.4, -0.2) is 22.2 Å².